The lowest BCUT2D eigenvalue weighted by molar-refractivity contribution is -0.113. The van der Waals surface area contributed by atoms with Crippen LogP contribution in [0.3, 0.4) is 0 Å². The third-order valence-electron chi connectivity index (χ3n) is 4.52. The van der Waals surface area contributed by atoms with Crippen LogP contribution in [0.1, 0.15) is 20.7 Å². The number of rotatable bonds is 5. The summed E-state index contributed by atoms with van der Waals surface area (Å²) in [6.45, 7) is -0.556. The predicted molar refractivity (Wildman–Crippen MR) is 105 cm³/mol. The van der Waals surface area contributed by atoms with Gasteiger partial charge in [-0.1, -0.05) is 24.3 Å². The molecule has 1 aromatic heterocycles. The third kappa shape index (κ3) is 3.21. The Labute approximate surface area is 165 Å². The van der Waals surface area contributed by atoms with Gasteiger partial charge in [0, 0.05) is 23.2 Å². The first-order chi connectivity index (χ1) is 14.1. The molecule has 0 radical (unpaired) electrons. The first-order valence-corrected chi connectivity index (χ1v) is 8.65. The molecule has 1 N–H and O–H groups in total. The van der Waals surface area contributed by atoms with E-state index in [2.05, 4.69) is 15.5 Å². The molecule has 1 aliphatic rings. The van der Waals surface area contributed by atoms with Gasteiger partial charge in [-0.05, 0) is 24.3 Å². The van der Waals surface area contributed by atoms with Gasteiger partial charge in [0.15, 0.2) is 0 Å². The summed E-state index contributed by atoms with van der Waals surface area (Å²) in [6.07, 6.45) is 3.30. The summed E-state index contributed by atoms with van der Waals surface area (Å²) >= 11 is 0. The number of anilines is 1. The normalized spacial score (nSPS) is 13.3. The van der Waals surface area contributed by atoms with Crippen molar-refractivity contribution >= 4 is 39.8 Å². The van der Waals surface area contributed by atoms with Gasteiger partial charge in [-0.25, -0.2) is 0 Å². The molecule has 29 heavy (non-hydrogen) atoms. The number of nitrogens with zero attached hydrogens (tertiary/aromatic N) is 4. The molecule has 0 unspecified atom stereocenters. The minimum atomic E-state index is -0.739. The summed E-state index contributed by atoms with van der Waals surface area (Å²) in [4.78, 5) is 42.1. The average Bonchev–Trinajstić information content (AvgIpc) is 2.99. The topological polar surface area (TPSA) is 116 Å². The number of hydrazone groups is 1. The SMILES string of the molecule is N#CC(=NNc1cccc2cnccc12)C(=O)CN1C(=O)c2ccccc2C1=O. The molecule has 8 heteroatoms. The number of imide groups is 1. The summed E-state index contributed by atoms with van der Waals surface area (Å²) in [5.41, 5.74) is 3.34. The molecule has 0 bridgehead atoms. The number of Topliss-reactive ketones (excluding diaryl/α,β-unsaturated/α-hetero) is 1. The molecule has 2 amide bonds. The molecule has 0 spiro atoms. The molecule has 0 fully saturated rings. The van der Waals surface area contributed by atoms with Crippen LogP contribution in [-0.2, 0) is 4.79 Å². The fourth-order valence-electron chi connectivity index (χ4n) is 3.09. The molecule has 4 rings (SSSR count). The van der Waals surface area contributed by atoms with E-state index in [1.807, 2.05) is 6.07 Å². The Balaban J connectivity index is 1.54. The second-order valence-electron chi connectivity index (χ2n) is 6.25. The van der Waals surface area contributed by atoms with Gasteiger partial charge in [0.25, 0.3) is 11.8 Å². The number of amides is 2. The largest absolute Gasteiger partial charge is 0.289 e. The highest BCUT2D eigenvalue weighted by molar-refractivity contribution is 6.47. The van der Waals surface area contributed by atoms with E-state index in [-0.39, 0.29) is 11.1 Å². The van der Waals surface area contributed by atoms with E-state index in [1.165, 1.54) is 12.1 Å². The number of pyridine rings is 1. The van der Waals surface area contributed by atoms with Crippen molar-refractivity contribution in [3.05, 3.63) is 72.1 Å². The molecule has 8 nitrogen and oxygen atoms in total. The molecular formula is C21H13N5O3. The maximum Gasteiger partial charge on any atom is 0.261 e. The highest BCUT2D eigenvalue weighted by Gasteiger charge is 2.36. The van der Waals surface area contributed by atoms with Crippen molar-refractivity contribution in [1.82, 2.24) is 9.88 Å². The van der Waals surface area contributed by atoms with Gasteiger partial charge in [0.2, 0.25) is 11.5 Å². The van der Waals surface area contributed by atoms with Crippen LogP contribution in [0.15, 0.2) is 66.0 Å². The van der Waals surface area contributed by atoms with Crippen molar-refractivity contribution in [2.75, 3.05) is 12.0 Å². The fraction of sp³-hybridized carbons (Fsp3) is 0.0476. The third-order valence-corrected chi connectivity index (χ3v) is 4.52. The smallest absolute Gasteiger partial charge is 0.261 e. The highest BCUT2D eigenvalue weighted by Crippen LogP contribution is 2.23. The maximum atomic E-state index is 12.5. The van der Waals surface area contributed by atoms with E-state index in [4.69, 9.17) is 0 Å². The number of carbonyl (C=O) groups is 3. The fourth-order valence-corrected chi connectivity index (χ4v) is 3.09. The Morgan fingerprint density at radius 2 is 1.79 bits per heavy atom. The quantitative estimate of drug-likeness (QED) is 0.411. The van der Waals surface area contributed by atoms with E-state index in [9.17, 15) is 19.6 Å². The zero-order chi connectivity index (χ0) is 20.4. The number of ketones is 1. The number of hydrogen-bond donors (Lipinski definition) is 1. The van der Waals surface area contributed by atoms with Gasteiger partial charge < -0.3 is 0 Å². The van der Waals surface area contributed by atoms with Crippen LogP contribution in [0.5, 0.6) is 0 Å². The maximum absolute atomic E-state index is 12.5. The summed E-state index contributed by atoms with van der Waals surface area (Å²) in [5.74, 6) is -1.87. The second-order valence-corrected chi connectivity index (χ2v) is 6.25. The summed E-state index contributed by atoms with van der Waals surface area (Å²) in [7, 11) is 0. The number of carbonyl (C=O) groups excluding carboxylic acids is 3. The molecule has 1 aliphatic heterocycles. The number of nitrogens with one attached hydrogen (secondary N) is 1. The monoisotopic (exact) mass is 383 g/mol. The van der Waals surface area contributed by atoms with Crippen LogP contribution < -0.4 is 5.43 Å². The standard InChI is InChI=1S/C21H13N5O3/c22-10-18(25-24-17-7-3-4-13-11-23-9-8-14(13)17)19(27)12-26-20(28)15-5-1-2-6-16(15)21(26)29/h1-9,11,24H,12H2. The van der Waals surface area contributed by atoms with Crippen LogP contribution in [0, 0.1) is 11.3 Å². The highest BCUT2D eigenvalue weighted by atomic mass is 16.2. The number of nitriles is 1. The second kappa shape index (κ2) is 7.32. The Morgan fingerprint density at radius 1 is 1.07 bits per heavy atom. The minimum absolute atomic E-state index is 0.239. The predicted octanol–water partition coefficient (Wildman–Crippen LogP) is 2.39. The molecule has 0 saturated carbocycles. The van der Waals surface area contributed by atoms with Crippen molar-refractivity contribution in [3.63, 3.8) is 0 Å². The molecule has 0 saturated heterocycles. The van der Waals surface area contributed by atoms with Crippen LogP contribution >= 0.6 is 0 Å². The average molecular weight is 383 g/mol. The molecule has 2 heterocycles. The lowest BCUT2D eigenvalue weighted by Crippen LogP contribution is -2.37. The first kappa shape index (κ1) is 18.0. The minimum Gasteiger partial charge on any atom is -0.289 e. The van der Waals surface area contributed by atoms with E-state index >= 15 is 0 Å². The lowest BCUT2D eigenvalue weighted by atomic mass is 10.1. The molecule has 140 valence electrons. The van der Waals surface area contributed by atoms with Crippen molar-refractivity contribution in [3.8, 4) is 6.07 Å². The van der Waals surface area contributed by atoms with Crippen LogP contribution in [-0.4, -0.2) is 39.7 Å². The van der Waals surface area contributed by atoms with Crippen molar-refractivity contribution in [1.29, 1.82) is 5.26 Å². The van der Waals surface area contributed by atoms with Gasteiger partial charge in [-0.3, -0.25) is 29.7 Å². The van der Waals surface area contributed by atoms with E-state index < -0.39 is 29.9 Å². The van der Waals surface area contributed by atoms with Crippen molar-refractivity contribution in [2.24, 2.45) is 5.10 Å². The first-order valence-electron chi connectivity index (χ1n) is 8.65. The zero-order valence-electron chi connectivity index (χ0n) is 15.0. The van der Waals surface area contributed by atoms with Gasteiger partial charge in [0.1, 0.15) is 6.07 Å². The molecule has 0 aliphatic carbocycles. The summed E-state index contributed by atoms with van der Waals surface area (Å²) in [5, 5.41) is 14.9. The summed E-state index contributed by atoms with van der Waals surface area (Å²) < 4.78 is 0. The van der Waals surface area contributed by atoms with E-state index in [0.717, 1.165) is 15.7 Å². The Bertz CT molecular complexity index is 1200. The molecule has 3 aromatic rings. The summed E-state index contributed by atoms with van der Waals surface area (Å²) in [6, 6.07) is 15.2. The van der Waals surface area contributed by atoms with Crippen molar-refractivity contribution in [2.45, 2.75) is 0 Å². The van der Waals surface area contributed by atoms with Crippen LogP contribution in [0.4, 0.5) is 5.69 Å². The van der Waals surface area contributed by atoms with E-state index in [0.29, 0.717) is 5.69 Å². The number of aromatic nitrogens is 1. The Morgan fingerprint density at radius 3 is 2.48 bits per heavy atom. The molecular weight excluding hydrogens is 370 g/mol. The molecule has 2 aromatic carbocycles. The number of benzene rings is 2. The van der Waals surface area contributed by atoms with E-state index in [1.54, 1.807) is 48.8 Å². The van der Waals surface area contributed by atoms with Crippen LogP contribution in [0.25, 0.3) is 10.8 Å². The van der Waals surface area contributed by atoms with Gasteiger partial charge in [-0.2, -0.15) is 10.4 Å². The number of hydrogen-bond acceptors (Lipinski definition) is 7. The zero-order valence-corrected chi connectivity index (χ0v) is 15.0. The van der Waals surface area contributed by atoms with Gasteiger partial charge >= 0.3 is 0 Å². The Hall–Kier alpha value is -4.38. The lowest BCUT2D eigenvalue weighted by Gasteiger charge is -2.12. The van der Waals surface area contributed by atoms with Gasteiger partial charge in [0.05, 0.1) is 23.4 Å². The van der Waals surface area contributed by atoms with Crippen LogP contribution in [0.2, 0.25) is 0 Å². The van der Waals surface area contributed by atoms with Gasteiger partial charge in [-0.15, -0.1) is 0 Å². The Kier molecular flexibility index (Phi) is 4.55. The number of fused-ring (bicyclic) bond motifs is 2. The molecule has 0 atom stereocenters. The van der Waals surface area contributed by atoms with Crippen molar-refractivity contribution < 1.29 is 14.4 Å².